The topological polar surface area (TPSA) is 53.6 Å². The van der Waals surface area contributed by atoms with Crippen LogP contribution in [0.25, 0.3) is 0 Å². The molecule has 1 aromatic rings. The maximum atomic E-state index is 13.8. The summed E-state index contributed by atoms with van der Waals surface area (Å²) in [5, 5.41) is 3.09. The van der Waals surface area contributed by atoms with E-state index in [1.165, 1.54) is 24.6 Å². The predicted octanol–water partition coefficient (Wildman–Crippen LogP) is 2.21. The van der Waals surface area contributed by atoms with Gasteiger partial charge in [0.15, 0.2) is 5.96 Å². The standard InChI is InChI=1S/C17H24F2N4/c1-2-23-8-4-5-11(23)10-21-17(20)22-15-9-12(15)16-13(18)6-3-7-14(16)19/h3,6-7,11-12,15H,2,4-5,8-10H2,1H3,(H3,20,21,22). The second-order valence-corrected chi connectivity index (χ2v) is 6.38. The Labute approximate surface area is 135 Å². The van der Waals surface area contributed by atoms with Crippen molar-refractivity contribution in [2.75, 3.05) is 19.6 Å². The van der Waals surface area contributed by atoms with Gasteiger partial charge in [0, 0.05) is 23.6 Å². The van der Waals surface area contributed by atoms with Crippen LogP contribution in [0.3, 0.4) is 0 Å². The maximum Gasteiger partial charge on any atom is 0.188 e. The normalized spacial score (nSPS) is 28.1. The van der Waals surface area contributed by atoms with Crippen LogP contribution in [0.2, 0.25) is 0 Å². The summed E-state index contributed by atoms with van der Waals surface area (Å²) in [5.41, 5.74) is 6.09. The summed E-state index contributed by atoms with van der Waals surface area (Å²) in [6, 6.07) is 4.40. The second-order valence-electron chi connectivity index (χ2n) is 6.38. The first-order valence-corrected chi connectivity index (χ1v) is 8.34. The van der Waals surface area contributed by atoms with Gasteiger partial charge in [-0.15, -0.1) is 0 Å². The lowest BCUT2D eigenvalue weighted by Gasteiger charge is -2.21. The van der Waals surface area contributed by atoms with Crippen molar-refractivity contribution in [1.29, 1.82) is 0 Å². The molecule has 3 unspecified atom stereocenters. The number of rotatable bonds is 5. The van der Waals surface area contributed by atoms with Crippen molar-refractivity contribution in [2.24, 2.45) is 10.7 Å². The summed E-state index contributed by atoms with van der Waals surface area (Å²) >= 11 is 0. The number of hydrogen-bond acceptors (Lipinski definition) is 2. The van der Waals surface area contributed by atoms with E-state index in [1.54, 1.807) is 0 Å². The van der Waals surface area contributed by atoms with Crippen LogP contribution in [-0.4, -0.2) is 42.6 Å². The Morgan fingerprint density at radius 2 is 2.13 bits per heavy atom. The molecule has 0 bridgehead atoms. The molecule has 1 saturated carbocycles. The van der Waals surface area contributed by atoms with E-state index in [2.05, 4.69) is 22.1 Å². The van der Waals surface area contributed by atoms with Crippen LogP contribution in [0.15, 0.2) is 23.2 Å². The van der Waals surface area contributed by atoms with Gasteiger partial charge < -0.3 is 11.1 Å². The Morgan fingerprint density at radius 3 is 2.83 bits per heavy atom. The van der Waals surface area contributed by atoms with Crippen LogP contribution in [0.1, 0.15) is 37.7 Å². The molecule has 126 valence electrons. The van der Waals surface area contributed by atoms with Crippen LogP contribution >= 0.6 is 0 Å². The summed E-state index contributed by atoms with van der Waals surface area (Å²) in [7, 11) is 0. The Morgan fingerprint density at radius 1 is 1.39 bits per heavy atom. The quantitative estimate of drug-likeness (QED) is 0.645. The van der Waals surface area contributed by atoms with E-state index in [0.717, 1.165) is 19.5 Å². The fourth-order valence-electron chi connectivity index (χ4n) is 3.50. The summed E-state index contributed by atoms with van der Waals surface area (Å²) in [4.78, 5) is 6.82. The highest BCUT2D eigenvalue weighted by Gasteiger charge is 2.42. The Kier molecular flexibility index (Phi) is 4.80. The fraction of sp³-hybridized carbons (Fsp3) is 0.588. The molecule has 0 aromatic heterocycles. The summed E-state index contributed by atoms with van der Waals surface area (Å²) in [5.74, 6) is -0.764. The minimum Gasteiger partial charge on any atom is -0.370 e. The number of guanidine groups is 1. The Hall–Kier alpha value is -1.69. The molecule has 3 atom stereocenters. The van der Waals surface area contributed by atoms with Crippen molar-refractivity contribution < 1.29 is 8.78 Å². The molecule has 6 heteroatoms. The molecule has 3 N–H and O–H groups in total. The Balaban J connectivity index is 1.54. The average Bonchev–Trinajstić information content (AvgIpc) is 3.10. The Bertz CT molecular complexity index is 570. The van der Waals surface area contributed by atoms with E-state index >= 15 is 0 Å². The molecule has 1 heterocycles. The molecule has 1 aliphatic carbocycles. The summed E-state index contributed by atoms with van der Waals surface area (Å²) in [6.45, 7) is 4.99. The van der Waals surface area contributed by atoms with Gasteiger partial charge in [0.25, 0.3) is 0 Å². The second kappa shape index (κ2) is 6.83. The lowest BCUT2D eigenvalue weighted by atomic mass is 10.1. The van der Waals surface area contributed by atoms with Crippen LogP contribution in [0.4, 0.5) is 8.78 Å². The van der Waals surface area contributed by atoms with Crippen molar-refractivity contribution in [2.45, 2.75) is 44.2 Å². The van der Waals surface area contributed by atoms with E-state index < -0.39 is 11.6 Å². The van der Waals surface area contributed by atoms with Gasteiger partial charge in [-0.2, -0.15) is 0 Å². The molecule has 3 rings (SSSR count). The zero-order chi connectivity index (χ0) is 16.4. The SMILES string of the molecule is CCN1CCCC1CN=C(N)NC1CC1c1c(F)cccc1F. The lowest BCUT2D eigenvalue weighted by Crippen LogP contribution is -2.37. The molecule has 1 aromatic carbocycles. The van der Waals surface area contributed by atoms with E-state index in [-0.39, 0.29) is 17.5 Å². The molecule has 0 amide bonds. The van der Waals surface area contributed by atoms with Crippen LogP contribution < -0.4 is 11.1 Å². The lowest BCUT2D eigenvalue weighted by molar-refractivity contribution is 0.273. The number of nitrogens with zero attached hydrogens (tertiary/aromatic N) is 2. The van der Waals surface area contributed by atoms with Gasteiger partial charge in [0.05, 0.1) is 6.54 Å². The molecular weight excluding hydrogens is 298 g/mol. The van der Waals surface area contributed by atoms with Gasteiger partial charge in [0.2, 0.25) is 0 Å². The first kappa shape index (κ1) is 16.2. The zero-order valence-corrected chi connectivity index (χ0v) is 13.4. The fourth-order valence-corrected chi connectivity index (χ4v) is 3.50. The number of nitrogens with two attached hydrogens (primary N) is 1. The highest BCUT2D eigenvalue weighted by atomic mass is 19.1. The van der Waals surface area contributed by atoms with E-state index in [9.17, 15) is 8.78 Å². The maximum absolute atomic E-state index is 13.8. The van der Waals surface area contributed by atoms with Crippen molar-refractivity contribution in [1.82, 2.24) is 10.2 Å². The first-order chi connectivity index (χ1) is 11.1. The van der Waals surface area contributed by atoms with Crippen molar-refractivity contribution in [3.05, 3.63) is 35.4 Å². The van der Waals surface area contributed by atoms with Crippen molar-refractivity contribution in [3.8, 4) is 0 Å². The van der Waals surface area contributed by atoms with Gasteiger partial charge in [-0.3, -0.25) is 9.89 Å². The number of likely N-dealkylation sites (N-methyl/N-ethyl adjacent to an activating group) is 1. The number of benzene rings is 1. The van der Waals surface area contributed by atoms with Gasteiger partial charge >= 0.3 is 0 Å². The third kappa shape index (κ3) is 3.63. The number of likely N-dealkylation sites (tertiary alicyclic amines) is 1. The van der Waals surface area contributed by atoms with E-state index in [1.807, 2.05) is 0 Å². The molecule has 4 nitrogen and oxygen atoms in total. The van der Waals surface area contributed by atoms with Crippen LogP contribution in [0.5, 0.6) is 0 Å². The molecule has 2 fully saturated rings. The molecule has 23 heavy (non-hydrogen) atoms. The molecule has 2 aliphatic rings. The highest BCUT2D eigenvalue weighted by Crippen LogP contribution is 2.42. The smallest absolute Gasteiger partial charge is 0.188 e. The van der Waals surface area contributed by atoms with Crippen molar-refractivity contribution >= 4 is 5.96 Å². The number of nitrogens with one attached hydrogen (secondary N) is 1. The zero-order valence-electron chi connectivity index (χ0n) is 13.4. The minimum atomic E-state index is -0.487. The highest BCUT2D eigenvalue weighted by molar-refractivity contribution is 5.78. The number of aliphatic imine (C=N–C) groups is 1. The van der Waals surface area contributed by atoms with Crippen LogP contribution in [-0.2, 0) is 0 Å². The van der Waals surface area contributed by atoms with Gasteiger partial charge in [-0.25, -0.2) is 8.78 Å². The minimum absolute atomic E-state index is 0.0315. The third-order valence-corrected chi connectivity index (χ3v) is 4.87. The average molecular weight is 322 g/mol. The molecule has 1 aliphatic heterocycles. The van der Waals surface area contributed by atoms with Gasteiger partial charge in [-0.05, 0) is 44.5 Å². The number of hydrogen-bond donors (Lipinski definition) is 2. The summed E-state index contributed by atoms with van der Waals surface area (Å²) < 4.78 is 27.5. The summed E-state index contributed by atoms with van der Waals surface area (Å²) in [6.07, 6.45) is 3.04. The van der Waals surface area contributed by atoms with Gasteiger partial charge in [0.1, 0.15) is 11.6 Å². The monoisotopic (exact) mass is 322 g/mol. The van der Waals surface area contributed by atoms with Crippen molar-refractivity contribution in [3.63, 3.8) is 0 Å². The van der Waals surface area contributed by atoms with E-state index in [4.69, 9.17) is 5.73 Å². The van der Waals surface area contributed by atoms with Crippen LogP contribution in [0, 0.1) is 11.6 Å². The first-order valence-electron chi connectivity index (χ1n) is 8.34. The van der Waals surface area contributed by atoms with E-state index in [0.29, 0.717) is 25.0 Å². The molecule has 0 spiro atoms. The predicted molar refractivity (Wildman–Crippen MR) is 87.4 cm³/mol. The molecule has 1 saturated heterocycles. The number of halogens is 2. The molecular formula is C17H24F2N4. The molecule has 0 radical (unpaired) electrons. The third-order valence-electron chi connectivity index (χ3n) is 4.87. The largest absolute Gasteiger partial charge is 0.370 e. The van der Waals surface area contributed by atoms with Gasteiger partial charge in [-0.1, -0.05) is 13.0 Å².